The lowest BCUT2D eigenvalue weighted by atomic mass is 10.1. The smallest absolute Gasteiger partial charge is 0.408 e. The minimum Gasteiger partial charge on any atom is -0.497 e. The number of pyridine rings is 1. The summed E-state index contributed by atoms with van der Waals surface area (Å²) in [5.74, 6) is -0.750. The Bertz CT molecular complexity index is 1840. The molecular formula is C41H50N4O8. The minimum absolute atomic E-state index is 0.0346. The van der Waals surface area contributed by atoms with Crippen LogP contribution in [0.3, 0.4) is 0 Å². The standard InChI is InChI=1S/C41H50N4O8/c1-8-10-11-15-18-31(43-39(49)53-40(3,4)5)37(47)45-25-29(22-34(45)36(46)44-41(38(48)51-7)24-27(41)9-2)52-35-23-32(26-16-13-12-14-17-26)42-33-21-28(50-6)19-20-30(33)35/h8-9,12-14,16-17,19-21,23,27,29,31,34H,1-2,10-11,15,18,22,24-25H2,3-7H3,(H,43,49)(H,44,46)/t27-,29+,31-,34-,41+/m0/s1. The highest BCUT2D eigenvalue weighted by Gasteiger charge is 2.62. The highest BCUT2D eigenvalue weighted by molar-refractivity contribution is 5.96. The molecule has 282 valence electrons. The van der Waals surface area contributed by atoms with Crippen LogP contribution in [0.1, 0.15) is 59.3 Å². The Morgan fingerprint density at radius 1 is 1.06 bits per heavy atom. The van der Waals surface area contributed by atoms with Crippen molar-refractivity contribution in [1.29, 1.82) is 0 Å². The van der Waals surface area contributed by atoms with Crippen molar-refractivity contribution >= 4 is 34.8 Å². The predicted octanol–water partition coefficient (Wildman–Crippen LogP) is 6.13. The molecule has 1 saturated carbocycles. The normalized spacial score (nSPS) is 21.2. The first-order valence-electron chi connectivity index (χ1n) is 18.0. The third kappa shape index (κ3) is 9.16. The lowest BCUT2D eigenvalue weighted by Crippen LogP contribution is -2.56. The first-order chi connectivity index (χ1) is 25.3. The van der Waals surface area contributed by atoms with Gasteiger partial charge in [0.2, 0.25) is 11.8 Å². The van der Waals surface area contributed by atoms with E-state index in [1.165, 1.54) is 12.0 Å². The van der Waals surface area contributed by atoms with Gasteiger partial charge in [0.05, 0.1) is 32.0 Å². The number of nitrogens with zero attached hydrogens (tertiary/aromatic N) is 2. The molecule has 1 aliphatic heterocycles. The molecule has 2 fully saturated rings. The molecule has 2 N–H and O–H groups in total. The van der Waals surface area contributed by atoms with Crippen molar-refractivity contribution in [1.82, 2.24) is 20.5 Å². The number of unbranched alkanes of at least 4 members (excludes halogenated alkanes) is 2. The summed E-state index contributed by atoms with van der Waals surface area (Å²) in [6, 6.07) is 15.0. The molecule has 0 bridgehead atoms. The number of carbonyl (C=O) groups is 4. The summed E-state index contributed by atoms with van der Waals surface area (Å²) >= 11 is 0. The van der Waals surface area contributed by atoms with Gasteiger partial charge in [-0.15, -0.1) is 13.2 Å². The molecule has 3 aromatic rings. The molecule has 12 nitrogen and oxygen atoms in total. The van der Waals surface area contributed by atoms with E-state index in [1.807, 2.05) is 54.6 Å². The van der Waals surface area contributed by atoms with Crippen LogP contribution in [-0.4, -0.2) is 83.9 Å². The first-order valence-corrected chi connectivity index (χ1v) is 18.0. The molecule has 1 saturated heterocycles. The molecule has 0 spiro atoms. The average Bonchev–Trinajstić information content (AvgIpc) is 3.69. The van der Waals surface area contributed by atoms with Gasteiger partial charge in [0.25, 0.3) is 0 Å². The number of hydrogen-bond donors (Lipinski definition) is 2. The van der Waals surface area contributed by atoms with E-state index < -0.39 is 53.2 Å². The second-order valence-corrected chi connectivity index (χ2v) is 14.5. The van der Waals surface area contributed by atoms with E-state index in [2.05, 4.69) is 23.8 Å². The number of carbonyl (C=O) groups excluding carboxylic acids is 4. The maximum absolute atomic E-state index is 14.5. The number of aromatic nitrogens is 1. The zero-order chi connectivity index (χ0) is 38.3. The van der Waals surface area contributed by atoms with Crippen LogP contribution in [0.2, 0.25) is 0 Å². The van der Waals surface area contributed by atoms with E-state index in [0.29, 0.717) is 42.0 Å². The molecule has 12 heteroatoms. The molecule has 2 aliphatic rings. The van der Waals surface area contributed by atoms with Gasteiger partial charge in [-0.2, -0.15) is 0 Å². The number of hydrogen-bond acceptors (Lipinski definition) is 9. The van der Waals surface area contributed by atoms with Crippen LogP contribution < -0.4 is 20.1 Å². The minimum atomic E-state index is -1.27. The van der Waals surface area contributed by atoms with E-state index in [-0.39, 0.29) is 18.9 Å². The fourth-order valence-corrected chi connectivity index (χ4v) is 6.74. The quantitative estimate of drug-likeness (QED) is 0.107. The van der Waals surface area contributed by atoms with E-state index >= 15 is 0 Å². The number of allylic oxidation sites excluding steroid dienone is 1. The molecule has 5 rings (SSSR count). The summed E-state index contributed by atoms with van der Waals surface area (Å²) in [5.41, 5.74) is 0.132. The van der Waals surface area contributed by atoms with Crippen molar-refractivity contribution in [2.45, 2.75) is 88.6 Å². The number of esters is 1. The monoisotopic (exact) mass is 726 g/mol. The number of benzene rings is 2. The van der Waals surface area contributed by atoms with Crippen molar-refractivity contribution < 1.29 is 38.1 Å². The Labute approximate surface area is 310 Å². The fraction of sp³-hybridized carbons (Fsp3) is 0.439. The zero-order valence-corrected chi connectivity index (χ0v) is 31.2. The van der Waals surface area contributed by atoms with Crippen molar-refractivity contribution in [3.63, 3.8) is 0 Å². The molecule has 0 radical (unpaired) electrons. The molecule has 2 aromatic carbocycles. The number of fused-ring (bicyclic) bond motifs is 1. The molecule has 1 aliphatic carbocycles. The van der Waals surface area contributed by atoms with Gasteiger partial charge in [-0.05, 0) is 58.6 Å². The van der Waals surface area contributed by atoms with Crippen LogP contribution in [-0.2, 0) is 23.9 Å². The van der Waals surface area contributed by atoms with Gasteiger partial charge in [-0.1, -0.05) is 48.9 Å². The Hall–Kier alpha value is -5.39. The predicted molar refractivity (Wildman–Crippen MR) is 201 cm³/mol. The molecule has 2 heterocycles. The van der Waals surface area contributed by atoms with E-state index in [0.717, 1.165) is 23.8 Å². The Morgan fingerprint density at radius 3 is 2.45 bits per heavy atom. The Morgan fingerprint density at radius 2 is 1.81 bits per heavy atom. The molecule has 1 aromatic heterocycles. The van der Waals surface area contributed by atoms with Gasteiger partial charge in [0, 0.05) is 35.4 Å². The van der Waals surface area contributed by atoms with Gasteiger partial charge < -0.3 is 34.5 Å². The van der Waals surface area contributed by atoms with Crippen molar-refractivity contribution in [2.24, 2.45) is 5.92 Å². The van der Waals surface area contributed by atoms with E-state index in [1.54, 1.807) is 40.0 Å². The van der Waals surface area contributed by atoms with Gasteiger partial charge >= 0.3 is 12.1 Å². The zero-order valence-electron chi connectivity index (χ0n) is 31.2. The molecule has 5 atom stereocenters. The number of methoxy groups -OCH3 is 2. The van der Waals surface area contributed by atoms with E-state index in [4.69, 9.17) is 23.9 Å². The van der Waals surface area contributed by atoms with Crippen LogP contribution in [0.15, 0.2) is 79.9 Å². The largest absolute Gasteiger partial charge is 0.497 e. The number of rotatable bonds is 15. The maximum Gasteiger partial charge on any atom is 0.408 e. The van der Waals surface area contributed by atoms with Crippen LogP contribution in [0, 0.1) is 5.92 Å². The summed E-state index contributed by atoms with van der Waals surface area (Å²) < 4.78 is 22.7. The second kappa shape index (κ2) is 16.5. The second-order valence-electron chi connectivity index (χ2n) is 14.5. The number of ether oxygens (including phenoxy) is 4. The molecular weight excluding hydrogens is 676 g/mol. The highest BCUT2D eigenvalue weighted by Crippen LogP contribution is 2.45. The van der Waals surface area contributed by atoms with Gasteiger partial charge in [-0.3, -0.25) is 9.59 Å². The number of amides is 3. The SMILES string of the molecule is C=CCCCC[C@H](NC(=O)OC(C)(C)C)C(=O)N1C[C@H](Oc2cc(-c3ccccc3)nc3cc(OC)ccc23)C[C@H]1C(=O)N[C@]1(C(=O)OC)C[C@@H]1C=C. The number of likely N-dealkylation sites (tertiary alicyclic amines) is 1. The summed E-state index contributed by atoms with van der Waals surface area (Å²) in [5, 5.41) is 6.37. The summed E-state index contributed by atoms with van der Waals surface area (Å²) in [4.78, 5) is 60.9. The summed E-state index contributed by atoms with van der Waals surface area (Å²) in [7, 11) is 2.85. The molecule has 53 heavy (non-hydrogen) atoms. The first kappa shape index (κ1) is 38.8. The molecule has 3 amide bonds. The maximum atomic E-state index is 14.5. The summed E-state index contributed by atoms with van der Waals surface area (Å²) in [6.07, 6.45) is 4.90. The summed E-state index contributed by atoms with van der Waals surface area (Å²) in [6.45, 7) is 12.8. The van der Waals surface area contributed by atoms with Gasteiger partial charge in [0.1, 0.15) is 40.8 Å². The highest BCUT2D eigenvalue weighted by atomic mass is 16.6. The van der Waals surface area contributed by atoms with Crippen molar-refractivity contribution in [3.8, 4) is 22.8 Å². The van der Waals surface area contributed by atoms with Crippen molar-refractivity contribution in [2.75, 3.05) is 20.8 Å². The van der Waals surface area contributed by atoms with Crippen LogP contribution >= 0.6 is 0 Å². The van der Waals surface area contributed by atoms with Crippen LogP contribution in [0.5, 0.6) is 11.5 Å². The number of nitrogens with one attached hydrogen (secondary N) is 2. The molecule has 0 unspecified atom stereocenters. The van der Waals surface area contributed by atoms with Crippen LogP contribution in [0.4, 0.5) is 4.79 Å². The number of alkyl carbamates (subject to hydrolysis) is 1. The third-order valence-electron chi connectivity index (χ3n) is 9.53. The van der Waals surface area contributed by atoms with E-state index in [9.17, 15) is 19.2 Å². The fourth-order valence-electron chi connectivity index (χ4n) is 6.74. The van der Waals surface area contributed by atoms with Gasteiger partial charge in [-0.25, -0.2) is 14.6 Å². The Balaban J connectivity index is 1.49. The van der Waals surface area contributed by atoms with Crippen LogP contribution in [0.25, 0.3) is 22.2 Å². The lowest BCUT2D eigenvalue weighted by molar-refractivity contribution is -0.148. The van der Waals surface area contributed by atoms with Gasteiger partial charge in [0.15, 0.2) is 0 Å². The van der Waals surface area contributed by atoms with Crippen molar-refractivity contribution in [3.05, 3.63) is 79.9 Å². The lowest BCUT2D eigenvalue weighted by Gasteiger charge is -2.30. The Kier molecular flexibility index (Phi) is 12.1. The average molecular weight is 727 g/mol. The topological polar surface area (TPSA) is 145 Å². The third-order valence-corrected chi connectivity index (χ3v) is 9.53.